The second kappa shape index (κ2) is 10.1. The third-order valence-electron chi connectivity index (χ3n) is 4.70. The van der Waals surface area contributed by atoms with Crippen LogP contribution in [-0.4, -0.2) is 41.2 Å². The first-order chi connectivity index (χ1) is 13.2. The lowest BCUT2D eigenvalue weighted by atomic mass is 10.1. The minimum atomic E-state index is -0.322. The summed E-state index contributed by atoms with van der Waals surface area (Å²) in [6, 6.07) is 8.35. The number of H-pyrrole nitrogens is 1. The maximum atomic E-state index is 11.8. The van der Waals surface area contributed by atoms with Gasteiger partial charge in [-0.25, -0.2) is 0 Å². The number of aromatic nitrogens is 2. The van der Waals surface area contributed by atoms with E-state index in [2.05, 4.69) is 33.1 Å². The smallest absolute Gasteiger partial charge is 0.315 e. The average molecular weight is 371 g/mol. The van der Waals surface area contributed by atoms with Crippen LogP contribution in [0.3, 0.4) is 0 Å². The minimum Gasteiger partial charge on any atom is -0.494 e. The van der Waals surface area contributed by atoms with Gasteiger partial charge in [0.05, 0.1) is 19.4 Å². The molecule has 1 fully saturated rings. The van der Waals surface area contributed by atoms with Gasteiger partial charge in [-0.3, -0.25) is 9.69 Å². The van der Waals surface area contributed by atoms with Crippen LogP contribution < -0.4 is 15.0 Å². The molecule has 0 bridgehead atoms. The Morgan fingerprint density at radius 1 is 1.19 bits per heavy atom. The summed E-state index contributed by atoms with van der Waals surface area (Å²) in [5, 5.41) is 0. The molecule has 1 aliphatic rings. The molecule has 1 aliphatic heterocycles. The van der Waals surface area contributed by atoms with Gasteiger partial charge < -0.3 is 14.5 Å². The number of benzene rings is 1. The SMILES string of the molecule is CCOc1c[nH]c(CCCOc2cccc(CN3CCCCC3)c2)nc1=O. The summed E-state index contributed by atoms with van der Waals surface area (Å²) in [6.45, 7) is 6.26. The molecule has 1 aromatic heterocycles. The van der Waals surface area contributed by atoms with Crippen molar-refractivity contribution in [1.29, 1.82) is 0 Å². The summed E-state index contributed by atoms with van der Waals surface area (Å²) >= 11 is 0. The number of aromatic amines is 1. The van der Waals surface area contributed by atoms with E-state index in [1.165, 1.54) is 37.9 Å². The fourth-order valence-electron chi connectivity index (χ4n) is 3.35. The normalized spacial score (nSPS) is 14.9. The van der Waals surface area contributed by atoms with Crippen molar-refractivity contribution < 1.29 is 9.47 Å². The highest BCUT2D eigenvalue weighted by atomic mass is 16.5. The maximum Gasteiger partial charge on any atom is 0.315 e. The van der Waals surface area contributed by atoms with Crippen molar-refractivity contribution in [3.63, 3.8) is 0 Å². The molecule has 0 atom stereocenters. The summed E-state index contributed by atoms with van der Waals surface area (Å²) in [7, 11) is 0. The maximum absolute atomic E-state index is 11.8. The van der Waals surface area contributed by atoms with E-state index in [1.807, 2.05) is 13.0 Å². The van der Waals surface area contributed by atoms with Gasteiger partial charge in [0.15, 0.2) is 0 Å². The number of aryl methyl sites for hydroxylation is 1. The fraction of sp³-hybridized carbons (Fsp3) is 0.524. The van der Waals surface area contributed by atoms with Crippen LogP contribution in [0, 0.1) is 0 Å². The topological polar surface area (TPSA) is 67.5 Å². The van der Waals surface area contributed by atoms with Crippen molar-refractivity contribution in [1.82, 2.24) is 14.9 Å². The van der Waals surface area contributed by atoms with E-state index in [9.17, 15) is 4.79 Å². The lowest BCUT2D eigenvalue weighted by Gasteiger charge is -2.26. The number of hydrogen-bond donors (Lipinski definition) is 1. The van der Waals surface area contributed by atoms with Gasteiger partial charge in [0.25, 0.3) is 0 Å². The molecule has 2 heterocycles. The standard InChI is InChI=1S/C21H29N3O3/c1-2-26-19-15-22-20(23-21(19)25)10-7-13-27-18-9-6-8-17(14-18)16-24-11-4-3-5-12-24/h6,8-9,14-15H,2-5,7,10-13,16H2,1H3,(H,22,23,25). The van der Waals surface area contributed by atoms with Crippen LogP contribution in [0.5, 0.6) is 11.5 Å². The van der Waals surface area contributed by atoms with Crippen LogP contribution >= 0.6 is 0 Å². The monoisotopic (exact) mass is 371 g/mol. The van der Waals surface area contributed by atoms with Crippen LogP contribution in [0.2, 0.25) is 0 Å². The molecular weight excluding hydrogens is 342 g/mol. The average Bonchev–Trinajstić information content (AvgIpc) is 2.68. The van der Waals surface area contributed by atoms with Gasteiger partial charge in [0.2, 0.25) is 5.75 Å². The Morgan fingerprint density at radius 3 is 2.81 bits per heavy atom. The number of likely N-dealkylation sites (tertiary alicyclic amines) is 1. The Kier molecular flexibility index (Phi) is 7.27. The van der Waals surface area contributed by atoms with Crippen molar-refractivity contribution in [2.24, 2.45) is 0 Å². The predicted octanol–water partition coefficient (Wildman–Crippen LogP) is 3.17. The zero-order valence-electron chi connectivity index (χ0n) is 16.1. The molecule has 0 spiro atoms. The van der Waals surface area contributed by atoms with Gasteiger partial charge in [0.1, 0.15) is 11.6 Å². The Labute approximate surface area is 160 Å². The van der Waals surface area contributed by atoms with Crippen LogP contribution in [-0.2, 0) is 13.0 Å². The second-order valence-electron chi connectivity index (χ2n) is 6.89. The van der Waals surface area contributed by atoms with Crippen LogP contribution in [0.4, 0.5) is 0 Å². The number of hydrogen-bond acceptors (Lipinski definition) is 5. The van der Waals surface area contributed by atoms with Crippen LogP contribution in [0.15, 0.2) is 35.3 Å². The molecule has 6 nitrogen and oxygen atoms in total. The summed E-state index contributed by atoms with van der Waals surface area (Å²) in [4.78, 5) is 21.3. The van der Waals surface area contributed by atoms with Crippen molar-refractivity contribution in [3.05, 3.63) is 52.2 Å². The largest absolute Gasteiger partial charge is 0.494 e. The summed E-state index contributed by atoms with van der Waals surface area (Å²) in [5.41, 5.74) is 0.976. The number of nitrogens with zero attached hydrogens (tertiary/aromatic N) is 2. The Bertz CT molecular complexity index is 769. The zero-order chi connectivity index (χ0) is 18.9. The van der Waals surface area contributed by atoms with Crippen LogP contribution in [0.1, 0.15) is 44.0 Å². The number of nitrogens with one attached hydrogen (secondary N) is 1. The molecule has 0 unspecified atom stereocenters. The lowest BCUT2D eigenvalue weighted by molar-refractivity contribution is 0.220. The number of ether oxygens (including phenoxy) is 2. The first kappa shape index (κ1) is 19.4. The summed E-state index contributed by atoms with van der Waals surface area (Å²) < 4.78 is 11.1. The van der Waals surface area contributed by atoms with Gasteiger partial charge in [-0.2, -0.15) is 4.98 Å². The molecule has 3 rings (SSSR count). The van der Waals surface area contributed by atoms with Crippen molar-refractivity contribution in [3.8, 4) is 11.5 Å². The second-order valence-corrected chi connectivity index (χ2v) is 6.89. The molecular formula is C21H29N3O3. The van der Waals surface area contributed by atoms with E-state index in [-0.39, 0.29) is 11.3 Å². The van der Waals surface area contributed by atoms with E-state index >= 15 is 0 Å². The third-order valence-corrected chi connectivity index (χ3v) is 4.70. The highest BCUT2D eigenvalue weighted by molar-refractivity contribution is 5.28. The fourth-order valence-corrected chi connectivity index (χ4v) is 3.35. The molecule has 2 aromatic rings. The Morgan fingerprint density at radius 2 is 2.04 bits per heavy atom. The molecule has 146 valence electrons. The molecule has 0 saturated carbocycles. The van der Waals surface area contributed by atoms with Gasteiger partial charge in [-0.15, -0.1) is 0 Å². The molecule has 1 aromatic carbocycles. The molecule has 0 radical (unpaired) electrons. The van der Waals surface area contributed by atoms with Crippen molar-refractivity contribution >= 4 is 0 Å². The van der Waals surface area contributed by atoms with Crippen molar-refractivity contribution in [2.75, 3.05) is 26.3 Å². The van der Waals surface area contributed by atoms with E-state index in [1.54, 1.807) is 6.20 Å². The molecule has 27 heavy (non-hydrogen) atoms. The highest BCUT2D eigenvalue weighted by Gasteiger charge is 2.10. The highest BCUT2D eigenvalue weighted by Crippen LogP contribution is 2.18. The summed E-state index contributed by atoms with van der Waals surface area (Å²) in [5.74, 6) is 1.83. The Balaban J connectivity index is 1.44. The van der Waals surface area contributed by atoms with Crippen LogP contribution in [0.25, 0.3) is 0 Å². The number of rotatable bonds is 9. The van der Waals surface area contributed by atoms with Gasteiger partial charge >= 0.3 is 5.56 Å². The lowest BCUT2D eigenvalue weighted by Crippen LogP contribution is -2.29. The Hall–Kier alpha value is -2.34. The van der Waals surface area contributed by atoms with Crippen molar-refractivity contribution in [2.45, 2.75) is 45.6 Å². The molecule has 1 N–H and O–H groups in total. The quantitative estimate of drug-likeness (QED) is 0.686. The first-order valence-corrected chi connectivity index (χ1v) is 9.90. The molecule has 0 aliphatic carbocycles. The van der Waals surface area contributed by atoms with Gasteiger partial charge in [-0.1, -0.05) is 18.6 Å². The zero-order valence-corrected chi connectivity index (χ0v) is 16.1. The van der Waals surface area contributed by atoms with E-state index in [0.717, 1.165) is 18.7 Å². The molecule has 6 heteroatoms. The van der Waals surface area contributed by atoms with E-state index < -0.39 is 0 Å². The minimum absolute atomic E-state index is 0.267. The van der Waals surface area contributed by atoms with Gasteiger partial charge in [-0.05, 0) is 57.0 Å². The predicted molar refractivity (Wildman–Crippen MR) is 105 cm³/mol. The van der Waals surface area contributed by atoms with E-state index in [0.29, 0.717) is 25.5 Å². The summed E-state index contributed by atoms with van der Waals surface area (Å²) in [6.07, 6.45) is 6.99. The van der Waals surface area contributed by atoms with E-state index in [4.69, 9.17) is 9.47 Å². The van der Waals surface area contributed by atoms with Gasteiger partial charge in [0, 0.05) is 13.0 Å². The first-order valence-electron chi connectivity index (χ1n) is 9.90. The third kappa shape index (κ3) is 6.10. The molecule has 0 amide bonds. The molecule has 1 saturated heterocycles. The number of piperidine rings is 1.